The van der Waals surface area contributed by atoms with Crippen LogP contribution in [0.4, 0.5) is 0 Å². The van der Waals surface area contributed by atoms with Crippen molar-refractivity contribution in [2.24, 2.45) is 5.73 Å². The highest BCUT2D eigenvalue weighted by atomic mass is 32.1. The minimum Gasteiger partial charge on any atom is -0.392 e. The molecule has 4 nitrogen and oxygen atoms in total. The van der Waals surface area contributed by atoms with Gasteiger partial charge in [-0.15, -0.1) is 0 Å². The van der Waals surface area contributed by atoms with Gasteiger partial charge in [0, 0.05) is 20.1 Å². The van der Waals surface area contributed by atoms with E-state index >= 15 is 0 Å². The molecule has 0 saturated carbocycles. The highest BCUT2D eigenvalue weighted by Gasteiger charge is 2.33. The maximum absolute atomic E-state index is 11.8. The number of hydrogen-bond acceptors (Lipinski definition) is 3. The van der Waals surface area contributed by atoms with Gasteiger partial charge in [0.25, 0.3) is 0 Å². The van der Waals surface area contributed by atoms with Crippen LogP contribution in [0.25, 0.3) is 0 Å². The van der Waals surface area contributed by atoms with Crippen LogP contribution >= 0.6 is 12.2 Å². The molecule has 0 spiro atoms. The van der Waals surface area contributed by atoms with Gasteiger partial charge in [0.1, 0.15) is 0 Å². The minimum atomic E-state index is -0.0172. The summed E-state index contributed by atoms with van der Waals surface area (Å²) >= 11 is 4.90. The summed E-state index contributed by atoms with van der Waals surface area (Å²) in [5.74, 6) is 0.194. The fraction of sp³-hybridized carbons (Fsp3) is 0.800. The van der Waals surface area contributed by atoms with Crippen LogP contribution in [0, 0.1) is 0 Å². The van der Waals surface area contributed by atoms with E-state index in [1.165, 1.54) is 0 Å². The summed E-state index contributed by atoms with van der Waals surface area (Å²) in [6.45, 7) is 4.35. The van der Waals surface area contributed by atoms with Crippen molar-refractivity contribution >= 4 is 23.1 Å². The van der Waals surface area contributed by atoms with Crippen molar-refractivity contribution in [2.75, 3.05) is 26.7 Å². The predicted octanol–water partition coefficient (Wildman–Crippen LogP) is 0.215. The zero-order chi connectivity index (χ0) is 11.4. The molecule has 1 rings (SSSR count). The normalized spacial score (nSPS) is 21.4. The van der Waals surface area contributed by atoms with Gasteiger partial charge in [-0.05, 0) is 19.4 Å². The Hall–Kier alpha value is -0.680. The van der Waals surface area contributed by atoms with Crippen molar-refractivity contribution in [3.05, 3.63) is 0 Å². The number of likely N-dealkylation sites (N-methyl/N-ethyl adjacent to an activating group) is 1. The molecule has 2 N–H and O–H groups in total. The third kappa shape index (κ3) is 3.14. The molecule has 1 amide bonds. The maximum atomic E-state index is 11.8. The summed E-state index contributed by atoms with van der Waals surface area (Å²) in [5, 5.41) is 0. The lowest BCUT2D eigenvalue weighted by Gasteiger charge is -2.26. The number of likely N-dealkylation sites (tertiary alicyclic amines) is 1. The Bertz CT molecular complexity index is 257. The van der Waals surface area contributed by atoms with Crippen LogP contribution < -0.4 is 5.73 Å². The molecule has 0 aliphatic carbocycles. The lowest BCUT2D eigenvalue weighted by molar-refractivity contribution is -0.130. The Kier molecular flexibility index (Phi) is 4.47. The second kappa shape index (κ2) is 5.42. The molecule has 1 aliphatic rings. The van der Waals surface area contributed by atoms with Gasteiger partial charge in [-0.25, -0.2) is 0 Å². The van der Waals surface area contributed by atoms with Crippen LogP contribution in [0.5, 0.6) is 0 Å². The van der Waals surface area contributed by atoms with Gasteiger partial charge in [-0.2, -0.15) is 0 Å². The summed E-state index contributed by atoms with van der Waals surface area (Å²) in [7, 11) is 1.84. The molecule has 15 heavy (non-hydrogen) atoms. The lowest BCUT2D eigenvalue weighted by Crippen LogP contribution is -2.45. The molecule has 1 atom stereocenters. The van der Waals surface area contributed by atoms with E-state index in [4.69, 9.17) is 18.0 Å². The number of carbonyl (C=O) groups is 1. The third-order valence-corrected chi connectivity index (χ3v) is 2.84. The summed E-state index contributed by atoms with van der Waals surface area (Å²) in [6, 6.07) is -0.0172. The number of rotatable bonds is 5. The fourth-order valence-electron chi connectivity index (χ4n) is 1.98. The molecule has 1 unspecified atom stereocenters. The number of thiocarbonyl (C=S) groups is 1. The number of hydrogen-bond donors (Lipinski definition) is 1. The van der Waals surface area contributed by atoms with E-state index in [2.05, 4.69) is 11.8 Å². The molecule has 5 heteroatoms. The Morgan fingerprint density at radius 2 is 2.40 bits per heavy atom. The molecule has 1 saturated heterocycles. The van der Waals surface area contributed by atoms with Crippen LogP contribution in [0.3, 0.4) is 0 Å². The first kappa shape index (κ1) is 12.4. The first-order chi connectivity index (χ1) is 7.06. The first-order valence-corrected chi connectivity index (χ1v) is 5.74. The van der Waals surface area contributed by atoms with Crippen LogP contribution in [0.1, 0.15) is 19.8 Å². The highest BCUT2D eigenvalue weighted by Crippen LogP contribution is 2.15. The van der Waals surface area contributed by atoms with Gasteiger partial charge in [-0.1, -0.05) is 19.1 Å². The molecular weight excluding hydrogens is 210 g/mol. The van der Waals surface area contributed by atoms with Crippen molar-refractivity contribution in [2.45, 2.75) is 25.8 Å². The van der Waals surface area contributed by atoms with E-state index in [0.717, 1.165) is 25.9 Å². The monoisotopic (exact) mass is 229 g/mol. The van der Waals surface area contributed by atoms with Crippen molar-refractivity contribution < 1.29 is 4.79 Å². The standard InChI is InChI=1S/C10H19N3OS/c1-3-5-13(7-9(11)15)8-4-6-12(2)10(8)14/h8H,3-7H2,1-2H3,(H2,11,15). The van der Waals surface area contributed by atoms with E-state index in [1.54, 1.807) is 4.90 Å². The van der Waals surface area contributed by atoms with Crippen molar-refractivity contribution in [1.29, 1.82) is 0 Å². The molecule has 0 aromatic rings. The summed E-state index contributed by atoms with van der Waals surface area (Å²) in [4.78, 5) is 16.1. The maximum Gasteiger partial charge on any atom is 0.239 e. The SMILES string of the molecule is CCCN(CC(N)=S)C1CCN(C)C1=O. The highest BCUT2D eigenvalue weighted by molar-refractivity contribution is 7.80. The van der Waals surface area contributed by atoms with Gasteiger partial charge < -0.3 is 10.6 Å². The largest absolute Gasteiger partial charge is 0.392 e. The minimum absolute atomic E-state index is 0.0172. The van der Waals surface area contributed by atoms with Gasteiger partial charge in [0.2, 0.25) is 5.91 Å². The van der Waals surface area contributed by atoms with E-state index in [-0.39, 0.29) is 11.9 Å². The third-order valence-electron chi connectivity index (χ3n) is 2.71. The number of amides is 1. The molecule has 86 valence electrons. The molecule has 1 heterocycles. The van der Waals surface area contributed by atoms with Gasteiger partial charge >= 0.3 is 0 Å². The molecule has 1 aliphatic heterocycles. The average Bonchev–Trinajstić information content (AvgIpc) is 2.46. The molecule has 0 radical (unpaired) electrons. The second-order valence-corrected chi connectivity index (χ2v) is 4.53. The molecule has 0 bridgehead atoms. The number of nitrogens with two attached hydrogens (primary N) is 1. The Balaban J connectivity index is 2.63. The average molecular weight is 229 g/mol. The van der Waals surface area contributed by atoms with Gasteiger partial charge in [0.05, 0.1) is 11.0 Å². The Morgan fingerprint density at radius 1 is 1.73 bits per heavy atom. The van der Waals surface area contributed by atoms with Gasteiger partial charge in [0.15, 0.2) is 0 Å². The molecule has 0 aromatic carbocycles. The molecule has 1 fully saturated rings. The van der Waals surface area contributed by atoms with E-state index < -0.39 is 0 Å². The van der Waals surface area contributed by atoms with Crippen molar-refractivity contribution in [1.82, 2.24) is 9.80 Å². The number of carbonyl (C=O) groups excluding carboxylic acids is 1. The summed E-state index contributed by atoms with van der Waals surface area (Å²) in [6.07, 6.45) is 1.90. The summed E-state index contributed by atoms with van der Waals surface area (Å²) < 4.78 is 0. The van der Waals surface area contributed by atoms with Crippen LogP contribution in [-0.4, -0.2) is 53.4 Å². The second-order valence-electron chi connectivity index (χ2n) is 4.00. The zero-order valence-electron chi connectivity index (χ0n) is 9.40. The van der Waals surface area contributed by atoms with Crippen LogP contribution in [-0.2, 0) is 4.79 Å². The molecular formula is C10H19N3OS. The van der Waals surface area contributed by atoms with Crippen molar-refractivity contribution in [3.8, 4) is 0 Å². The smallest absolute Gasteiger partial charge is 0.239 e. The topological polar surface area (TPSA) is 49.6 Å². The van der Waals surface area contributed by atoms with Crippen LogP contribution in [0.15, 0.2) is 0 Å². The predicted molar refractivity (Wildman–Crippen MR) is 64.7 cm³/mol. The Morgan fingerprint density at radius 3 is 2.80 bits per heavy atom. The number of nitrogens with zero attached hydrogens (tertiary/aromatic N) is 2. The fourth-order valence-corrected chi connectivity index (χ4v) is 2.14. The lowest BCUT2D eigenvalue weighted by atomic mass is 10.2. The summed E-state index contributed by atoms with van der Waals surface area (Å²) in [5.41, 5.74) is 5.54. The van der Waals surface area contributed by atoms with Crippen LogP contribution in [0.2, 0.25) is 0 Å². The van der Waals surface area contributed by atoms with E-state index in [1.807, 2.05) is 7.05 Å². The van der Waals surface area contributed by atoms with Crippen molar-refractivity contribution in [3.63, 3.8) is 0 Å². The zero-order valence-corrected chi connectivity index (χ0v) is 10.2. The van der Waals surface area contributed by atoms with E-state index in [9.17, 15) is 4.79 Å². The molecule has 0 aromatic heterocycles. The van der Waals surface area contributed by atoms with Gasteiger partial charge in [-0.3, -0.25) is 9.69 Å². The Labute approximate surface area is 96.4 Å². The van der Waals surface area contributed by atoms with E-state index in [0.29, 0.717) is 11.5 Å². The first-order valence-electron chi connectivity index (χ1n) is 5.33. The quantitative estimate of drug-likeness (QED) is 0.685.